The van der Waals surface area contributed by atoms with Gasteiger partial charge in [0.1, 0.15) is 5.75 Å². The zero-order valence-corrected chi connectivity index (χ0v) is 11.9. The van der Waals surface area contributed by atoms with Gasteiger partial charge in [0.2, 0.25) is 0 Å². The van der Waals surface area contributed by atoms with Crippen molar-refractivity contribution < 1.29 is 9.53 Å². The van der Waals surface area contributed by atoms with Crippen molar-refractivity contribution in [3.05, 3.63) is 64.2 Å². The molecule has 2 aromatic carbocycles. The number of benzene rings is 2. The van der Waals surface area contributed by atoms with Crippen molar-refractivity contribution in [1.29, 1.82) is 0 Å². The van der Waals surface area contributed by atoms with E-state index in [4.69, 9.17) is 4.74 Å². The van der Waals surface area contributed by atoms with E-state index >= 15 is 0 Å². The van der Waals surface area contributed by atoms with Crippen LogP contribution in [-0.4, -0.2) is 12.4 Å². The van der Waals surface area contributed by atoms with E-state index in [0.717, 1.165) is 40.8 Å². The van der Waals surface area contributed by atoms with E-state index in [1.54, 1.807) is 0 Å². The number of ether oxygens (including phenoxy) is 1. The van der Waals surface area contributed by atoms with Gasteiger partial charge in [0.15, 0.2) is 5.78 Å². The highest BCUT2D eigenvalue weighted by molar-refractivity contribution is 6.12. The summed E-state index contributed by atoms with van der Waals surface area (Å²) in [7, 11) is 0. The van der Waals surface area contributed by atoms with Crippen LogP contribution in [0.15, 0.2) is 36.4 Å². The van der Waals surface area contributed by atoms with Crippen LogP contribution >= 0.6 is 0 Å². The molecule has 1 heterocycles. The molecule has 1 aliphatic heterocycles. The number of carbonyl (C=O) groups excluding carboxylic acids is 1. The van der Waals surface area contributed by atoms with Crippen molar-refractivity contribution >= 4 is 5.78 Å². The SMILES string of the molecule is Cc1cccc(C(=O)c2cccc3c2OCCC3)c1C. The lowest BCUT2D eigenvalue weighted by atomic mass is 9.93. The first-order valence-corrected chi connectivity index (χ1v) is 7.04. The highest BCUT2D eigenvalue weighted by Crippen LogP contribution is 2.31. The van der Waals surface area contributed by atoms with Gasteiger partial charge in [-0.05, 0) is 49.4 Å². The van der Waals surface area contributed by atoms with E-state index in [-0.39, 0.29) is 5.78 Å². The number of para-hydroxylation sites is 1. The highest BCUT2D eigenvalue weighted by atomic mass is 16.5. The molecule has 1 aliphatic rings. The van der Waals surface area contributed by atoms with E-state index < -0.39 is 0 Å². The number of aryl methyl sites for hydroxylation is 2. The Morgan fingerprint density at radius 2 is 1.80 bits per heavy atom. The van der Waals surface area contributed by atoms with E-state index in [1.807, 2.05) is 50.2 Å². The lowest BCUT2D eigenvalue weighted by Crippen LogP contribution is -2.14. The molecule has 0 N–H and O–H groups in total. The lowest BCUT2D eigenvalue weighted by molar-refractivity contribution is 0.103. The van der Waals surface area contributed by atoms with Gasteiger partial charge in [-0.2, -0.15) is 0 Å². The average molecular weight is 266 g/mol. The van der Waals surface area contributed by atoms with Crippen LogP contribution in [0.2, 0.25) is 0 Å². The Morgan fingerprint density at radius 3 is 2.65 bits per heavy atom. The van der Waals surface area contributed by atoms with Gasteiger partial charge in [0.25, 0.3) is 0 Å². The Kier molecular flexibility index (Phi) is 3.31. The Hall–Kier alpha value is -2.09. The van der Waals surface area contributed by atoms with Crippen molar-refractivity contribution in [3.8, 4) is 5.75 Å². The summed E-state index contributed by atoms with van der Waals surface area (Å²) in [5, 5.41) is 0. The van der Waals surface area contributed by atoms with Crippen molar-refractivity contribution in [2.24, 2.45) is 0 Å². The molecular weight excluding hydrogens is 248 g/mol. The van der Waals surface area contributed by atoms with Crippen LogP contribution in [0.4, 0.5) is 0 Å². The minimum Gasteiger partial charge on any atom is -0.493 e. The minimum absolute atomic E-state index is 0.0601. The van der Waals surface area contributed by atoms with Gasteiger partial charge in [0, 0.05) is 5.56 Å². The van der Waals surface area contributed by atoms with E-state index in [9.17, 15) is 4.79 Å². The van der Waals surface area contributed by atoms with Gasteiger partial charge in [-0.25, -0.2) is 0 Å². The molecule has 0 unspecified atom stereocenters. The van der Waals surface area contributed by atoms with Crippen LogP contribution in [0.5, 0.6) is 5.75 Å². The van der Waals surface area contributed by atoms with Crippen LogP contribution in [0, 0.1) is 13.8 Å². The number of fused-ring (bicyclic) bond motifs is 1. The maximum Gasteiger partial charge on any atom is 0.197 e. The molecule has 0 atom stereocenters. The molecular formula is C18H18O2. The summed E-state index contributed by atoms with van der Waals surface area (Å²) >= 11 is 0. The minimum atomic E-state index is 0.0601. The summed E-state index contributed by atoms with van der Waals surface area (Å²) in [6.07, 6.45) is 2.01. The second-order valence-corrected chi connectivity index (χ2v) is 5.32. The molecule has 0 spiro atoms. The monoisotopic (exact) mass is 266 g/mol. The molecule has 0 bridgehead atoms. The standard InChI is InChI=1S/C18H18O2/c1-12-6-3-9-15(13(12)2)17(19)16-10-4-7-14-8-5-11-20-18(14)16/h3-4,6-7,9-10H,5,8,11H2,1-2H3. The van der Waals surface area contributed by atoms with Crippen molar-refractivity contribution in [2.45, 2.75) is 26.7 Å². The van der Waals surface area contributed by atoms with Gasteiger partial charge in [-0.15, -0.1) is 0 Å². The molecule has 0 aromatic heterocycles. The van der Waals surface area contributed by atoms with Gasteiger partial charge in [-0.3, -0.25) is 4.79 Å². The van der Waals surface area contributed by atoms with E-state index in [1.165, 1.54) is 0 Å². The molecule has 0 radical (unpaired) electrons. The van der Waals surface area contributed by atoms with Gasteiger partial charge < -0.3 is 4.74 Å². The van der Waals surface area contributed by atoms with Crippen LogP contribution in [0.3, 0.4) is 0 Å². The van der Waals surface area contributed by atoms with Crippen LogP contribution in [0.25, 0.3) is 0 Å². The average Bonchev–Trinajstić information content (AvgIpc) is 2.49. The maximum atomic E-state index is 12.8. The van der Waals surface area contributed by atoms with Crippen molar-refractivity contribution in [3.63, 3.8) is 0 Å². The van der Waals surface area contributed by atoms with Crippen LogP contribution < -0.4 is 4.74 Å². The molecule has 2 heteroatoms. The zero-order valence-electron chi connectivity index (χ0n) is 11.9. The summed E-state index contributed by atoms with van der Waals surface area (Å²) in [5.41, 5.74) is 4.79. The fraction of sp³-hybridized carbons (Fsp3) is 0.278. The molecule has 2 nitrogen and oxygen atoms in total. The summed E-state index contributed by atoms with van der Waals surface area (Å²) in [5.74, 6) is 0.842. The fourth-order valence-electron chi connectivity index (χ4n) is 2.71. The predicted octanol–water partition coefficient (Wildman–Crippen LogP) is 3.86. The quantitative estimate of drug-likeness (QED) is 0.771. The fourth-order valence-corrected chi connectivity index (χ4v) is 2.71. The zero-order chi connectivity index (χ0) is 14.1. The third kappa shape index (κ3) is 2.11. The van der Waals surface area contributed by atoms with Crippen molar-refractivity contribution in [2.75, 3.05) is 6.61 Å². The first-order chi connectivity index (χ1) is 9.68. The van der Waals surface area contributed by atoms with Gasteiger partial charge in [-0.1, -0.05) is 30.3 Å². The number of hydrogen-bond donors (Lipinski definition) is 0. The molecule has 102 valence electrons. The second kappa shape index (κ2) is 5.12. The van der Waals surface area contributed by atoms with E-state index in [2.05, 4.69) is 0 Å². The second-order valence-electron chi connectivity index (χ2n) is 5.32. The van der Waals surface area contributed by atoms with E-state index in [0.29, 0.717) is 12.2 Å². The molecule has 2 aromatic rings. The largest absolute Gasteiger partial charge is 0.493 e. The van der Waals surface area contributed by atoms with Crippen molar-refractivity contribution in [1.82, 2.24) is 0 Å². The highest BCUT2D eigenvalue weighted by Gasteiger charge is 2.21. The summed E-state index contributed by atoms with van der Waals surface area (Å²) in [4.78, 5) is 12.8. The van der Waals surface area contributed by atoms with Crippen LogP contribution in [0.1, 0.15) is 39.0 Å². The molecule has 0 fully saturated rings. The van der Waals surface area contributed by atoms with Gasteiger partial charge in [0.05, 0.1) is 12.2 Å². The Labute approximate surface area is 119 Å². The third-order valence-electron chi connectivity index (χ3n) is 4.03. The Balaban J connectivity index is 2.09. The lowest BCUT2D eigenvalue weighted by Gasteiger charge is -2.20. The smallest absolute Gasteiger partial charge is 0.197 e. The first-order valence-electron chi connectivity index (χ1n) is 7.04. The van der Waals surface area contributed by atoms with Gasteiger partial charge >= 0.3 is 0 Å². The topological polar surface area (TPSA) is 26.3 Å². The molecule has 0 amide bonds. The molecule has 3 rings (SSSR count). The molecule has 0 saturated heterocycles. The number of hydrogen-bond acceptors (Lipinski definition) is 2. The van der Waals surface area contributed by atoms with Crippen LogP contribution in [-0.2, 0) is 6.42 Å². The number of rotatable bonds is 2. The summed E-state index contributed by atoms with van der Waals surface area (Å²) in [6, 6.07) is 11.7. The summed E-state index contributed by atoms with van der Waals surface area (Å²) in [6.45, 7) is 4.73. The maximum absolute atomic E-state index is 12.8. The summed E-state index contributed by atoms with van der Waals surface area (Å²) < 4.78 is 5.75. The normalized spacial score (nSPS) is 13.5. The predicted molar refractivity (Wildman–Crippen MR) is 79.6 cm³/mol. The molecule has 20 heavy (non-hydrogen) atoms. The Bertz CT molecular complexity index is 671. The number of carbonyl (C=O) groups is 1. The third-order valence-corrected chi connectivity index (χ3v) is 4.03. The first kappa shape index (κ1) is 12.9. The number of ketones is 1. The molecule has 0 saturated carbocycles. The Morgan fingerprint density at radius 1 is 1.05 bits per heavy atom. The molecule has 0 aliphatic carbocycles.